The summed E-state index contributed by atoms with van der Waals surface area (Å²) in [5.74, 6) is 1.47. The first-order chi connectivity index (χ1) is 14.6. The monoisotopic (exact) mass is 484 g/mol. The van der Waals surface area contributed by atoms with Crippen molar-refractivity contribution in [2.75, 3.05) is 5.75 Å². The summed E-state index contributed by atoms with van der Waals surface area (Å²) in [4.78, 5) is 17.1. The van der Waals surface area contributed by atoms with E-state index in [1.54, 1.807) is 22.7 Å². The molecule has 0 spiro atoms. The van der Waals surface area contributed by atoms with Crippen LogP contribution in [0.25, 0.3) is 10.9 Å². The van der Waals surface area contributed by atoms with E-state index in [4.69, 9.17) is 4.42 Å². The molecule has 0 aliphatic heterocycles. The van der Waals surface area contributed by atoms with Crippen molar-refractivity contribution in [1.29, 1.82) is 0 Å². The molecule has 0 aliphatic rings. The molecule has 0 atom stereocenters. The first-order valence-corrected chi connectivity index (χ1v) is 11.5. The summed E-state index contributed by atoms with van der Waals surface area (Å²) in [6, 6.07) is 13.8. The van der Waals surface area contributed by atoms with Gasteiger partial charge in [0.05, 0.1) is 23.7 Å². The molecule has 0 bridgehead atoms. The van der Waals surface area contributed by atoms with E-state index in [0.29, 0.717) is 29.5 Å². The van der Waals surface area contributed by atoms with E-state index in [-0.39, 0.29) is 5.56 Å². The summed E-state index contributed by atoms with van der Waals surface area (Å²) in [7, 11) is 0. The van der Waals surface area contributed by atoms with Gasteiger partial charge in [0.1, 0.15) is 0 Å². The van der Waals surface area contributed by atoms with Crippen LogP contribution in [0.3, 0.4) is 0 Å². The van der Waals surface area contributed by atoms with Gasteiger partial charge in [-0.15, -0.1) is 10.2 Å². The van der Waals surface area contributed by atoms with Crippen molar-refractivity contribution < 1.29 is 4.42 Å². The number of nitrogens with zero attached hydrogens (tertiary/aromatic N) is 4. The fourth-order valence-electron chi connectivity index (χ4n) is 3.19. The molecule has 30 heavy (non-hydrogen) atoms. The van der Waals surface area contributed by atoms with Crippen molar-refractivity contribution in [3.05, 3.63) is 80.6 Å². The number of para-hydroxylation sites is 1. The first kappa shape index (κ1) is 20.8. The molecule has 0 unspecified atom stereocenters. The number of hydrogen-bond donors (Lipinski definition) is 0. The summed E-state index contributed by atoms with van der Waals surface area (Å²) in [6.45, 7) is 2.62. The standard InChI is InChI=1S/C22H21BrN4O2S/c1-15-5-4-6-18-20(15)24-14-27(21(18)28)11-2-3-12-30-22-26-25-19(29-22)13-16-7-9-17(23)10-8-16/h4-10,14H,2-3,11-13H2,1H3. The number of aromatic nitrogens is 4. The van der Waals surface area contributed by atoms with Crippen molar-refractivity contribution >= 4 is 38.6 Å². The number of rotatable bonds is 8. The largest absolute Gasteiger partial charge is 0.416 e. The Bertz CT molecular complexity index is 1200. The Morgan fingerprint density at radius 1 is 1.10 bits per heavy atom. The van der Waals surface area contributed by atoms with Gasteiger partial charge in [-0.25, -0.2) is 4.98 Å². The maximum Gasteiger partial charge on any atom is 0.276 e. The normalized spacial score (nSPS) is 11.3. The van der Waals surface area contributed by atoms with Gasteiger partial charge >= 0.3 is 0 Å². The topological polar surface area (TPSA) is 73.8 Å². The van der Waals surface area contributed by atoms with E-state index >= 15 is 0 Å². The summed E-state index contributed by atoms with van der Waals surface area (Å²) in [5.41, 5.74) is 2.95. The molecule has 0 saturated heterocycles. The number of aryl methyl sites for hydroxylation is 2. The molecule has 2 aromatic carbocycles. The van der Waals surface area contributed by atoms with Gasteiger partial charge in [0.2, 0.25) is 5.89 Å². The predicted molar refractivity (Wildman–Crippen MR) is 122 cm³/mol. The van der Waals surface area contributed by atoms with Crippen LogP contribution in [0.1, 0.15) is 29.9 Å². The third-order valence-corrected chi connectivity index (χ3v) is 6.22. The third kappa shape index (κ3) is 4.99. The second-order valence-corrected chi connectivity index (χ2v) is 9.00. The van der Waals surface area contributed by atoms with Gasteiger partial charge in [0, 0.05) is 16.8 Å². The highest BCUT2D eigenvalue weighted by Gasteiger charge is 2.08. The molecule has 154 valence electrons. The molecule has 6 nitrogen and oxygen atoms in total. The zero-order valence-corrected chi connectivity index (χ0v) is 18.9. The highest BCUT2D eigenvalue weighted by atomic mass is 79.9. The second-order valence-electron chi connectivity index (χ2n) is 7.03. The van der Waals surface area contributed by atoms with Crippen LogP contribution in [0.4, 0.5) is 0 Å². The molecule has 0 aliphatic carbocycles. The maximum atomic E-state index is 12.6. The minimum Gasteiger partial charge on any atom is -0.416 e. The molecule has 4 rings (SSSR count). The maximum absolute atomic E-state index is 12.6. The quantitative estimate of drug-likeness (QED) is 0.258. The molecule has 2 aromatic heterocycles. The Hall–Kier alpha value is -2.45. The van der Waals surface area contributed by atoms with Gasteiger partial charge in [0.15, 0.2) is 0 Å². The van der Waals surface area contributed by atoms with Gasteiger partial charge in [-0.05, 0) is 49.1 Å². The highest BCUT2D eigenvalue weighted by Crippen LogP contribution is 2.20. The Morgan fingerprint density at radius 3 is 2.77 bits per heavy atom. The van der Waals surface area contributed by atoms with E-state index in [0.717, 1.165) is 39.7 Å². The van der Waals surface area contributed by atoms with Crippen LogP contribution in [0.5, 0.6) is 0 Å². The van der Waals surface area contributed by atoms with Gasteiger partial charge in [-0.1, -0.05) is 52.0 Å². The minimum absolute atomic E-state index is 0.0193. The van der Waals surface area contributed by atoms with Crippen LogP contribution in [0.15, 0.2) is 67.7 Å². The lowest BCUT2D eigenvalue weighted by Gasteiger charge is -2.07. The molecular weight excluding hydrogens is 464 g/mol. The second kappa shape index (κ2) is 9.57. The van der Waals surface area contributed by atoms with Gasteiger partial charge in [-0.3, -0.25) is 9.36 Å². The molecule has 0 amide bonds. The van der Waals surface area contributed by atoms with E-state index in [2.05, 4.69) is 31.1 Å². The van der Waals surface area contributed by atoms with Gasteiger partial charge in [-0.2, -0.15) is 0 Å². The average molecular weight is 485 g/mol. The first-order valence-electron chi connectivity index (χ1n) is 9.74. The smallest absolute Gasteiger partial charge is 0.276 e. The predicted octanol–water partition coefficient (Wildman–Crippen LogP) is 5.01. The van der Waals surface area contributed by atoms with Crippen LogP contribution in [0, 0.1) is 6.92 Å². The summed E-state index contributed by atoms with van der Waals surface area (Å²) >= 11 is 4.98. The van der Waals surface area contributed by atoms with E-state index in [1.165, 1.54) is 0 Å². The third-order valence-electron chi connectivity index (χ3n) is 4.79. The highest BCUT2D eigenvalue weighted by molar-refractivity contribution is 9.10. The summed E-state index contributed by atoms with van der Waals surface area (Å²) < 4.78 is 8.46. The summed E-state index contributed by atoms with van der Waals surface area (Å²) in [5, 5.41) is 9.50. The lowest BCUT2D eigenvalue weighted by molar-refractivity contribution is 0.420. The number of fused-ring (bicyclic) bond motifs is 1. The Kier molecular flexibility index (Phi) is 6.64. The molecule has 0 fully saturated rings. The summed E-state index contributed by atoms with van der Waals surface area (Å²) in [6.07, 6.45) is 4.09. The number of hydrogen-bond acceptors (Lipinski definition) is 6. The van der Waals surface area contributed by atoms with Crippen LogP contribution >= 0.6 is 27.7 Å². The Balaban J connectivity index is 1.25. The minimum atomic E-state index is 0.0193. The van der Waals surface area contributed by atoms with Crippen LogP contribution < -0.4 is 5.56 Å². The fraction of sp³-hybridized carbons (Fsp3) is 0.273. The van der Waals surface area contributed by atoms with E-state index in [9.17, 15) is 4.79 Å². The van der Waals surface area contributed by atoms with Gasteiger partial charge in [0.25, 0.3) is 10.8 Å². The molecule has 0 saturated carbocycles. The fourth-order valence-corrected chi connectivity index (χ4v) is 4.23. The Labute approximate surface area is 186 Å². The van der Waals surface area contributed by atoms with Gasteiger partial charge < -0.3 is 4.42 Å². The zero-order valence-electron chi connectivity index (χ0n) is 16.5. The number of benzene rings is 2. The van der Waals surface area contributed by atoms with Crippen LogP contribution in [-0.2, 0) is 13.0 Å². The average Bonchev–Trinajstić information content (AvgIpc) is 3.19. The Morgan fingerprint density at radius 2 is 1.93 bits per heavy atom. The van der Waals surface area contributed by atoms with Crippen molar-refractivity contribution in [3.8, 4) is 0 Å². The lowest BCUT2D eigenvalue weighted by Crippen LogP contribution is -2.21. The van der Waals surface area contributed by atoms with E-state index in [1.807, 2.05) is 49.4 Å². The molecule has 8 heteroatoms. The molecular formula is C22H21BrN4O2S. The van der Waals surface area contributed by atoms with Crippen molar-refractivity contribution in [2.45, 2.75) is 38.0 Å². The SMILES string of the molecule is Cc1cccc2c(=O)n(CCCCSc3nnc(Cc4ccc(Br)cc4)o3)cnc12. The number of thioether (sulfide) groups is 1. The molecule has 0 radical (unpaired) electrons. The van der Waals surface area contributed by atoms with Crippen molar-refractivity contribution in [3.63, 3.8) is 0 Å². The zero-order chi connectivity index (χ0) is 20.9. The number of halogens is 1. The lowest BCUT2D eigenvalue weighted by atomic mass is 10.1. The van der Waals surface area contributed by atoms with Crippen molar-refractivity contribution in [1.82, 2.24) is 19.7 Å². The van der Waals surface area contributed by atoms with Crippen LogP contribution in [-0.4, -0.2) is 25.5 Å². The number of unbranched alkanes of at least 4 members (excludes halogenated alkanes) is 1. The molecule has 2 heterocycles. The molecule has 4 aromatic rings. The molecule has 0 N–H and O–H groups in total. The van der Waals surface area contributed by atoms with Crippen LogP contribution in [0.2, 0.25) is 0 Å². The van der Waals surface area contributed by atoms with Crippen molar-refractivity contribution in [2.24, 2.45) is 0 Å². The van der Waals surface area contributed by atoms with E-state index < -0.39 is 0 Å².